The average Bonchev–Trinajstić information content (AvgIpc) is 2.55. The standard InChI is InChI=1S/C17H20N2O3/c1-12(18-13-8-4-6-10-15(13)21-2)17(20)19-14-9-5-7-11-16(14)22-3/h4-12,18H,1-3H3,(H,19,20)/t12-/m0/s1. The second-order valence-corrected chi connectivity index (χ2v) is 4.76. The summed E-state index contributed by atoms with van der Waals surface area (Å²) in [6, 6.07) is 14.3. The maximum absolute atomic E-state index is 12.3. The summed E-state index contributed by atoms with van der Waals surface area (Å²) in [5.41, 5.74) is 1.41. The van der Waals surface area contributed by atoms with Crippen molar-refractivity contribution in [3.8, 4) is 11.5 Å². The Morgan fingerprint density at radius 2 is 1.41 bits per heavy atom. The number of hydrogen-bond donors (Lipinski definition) is 2. The van der Waals surface area contributed by atoms with E-state index in [2.05, 4.69) is 10.6 Å². The van der Waals surface area contributed by atoms with E-state index in [4.69, 9.17) is 9.47 Å². The van der Waals surface area contributed by atoms with Crippen LogP contribution in [0.1, 0.15) is 6.92 Å². The highest BCUT2D eigenvalue weighted by molar-refractivity contribution is 5.97. The van der Waals surface area contributed by atoms with Crippen LogP contribution in [-0.4, -0.2) is 26.2 Å². The molecule has 0 aromatic heterocycles. The van der Waals surface area contributed by atoms with Crippen molar-refractivity contribution in [3.05, 3.63) is 48.5 Å². The number of carbonyl (C=O) groups is 1. The van der Waals surface area contributed by atoms with E-state index in [1.807, 2.05) is 36.4 Å². The van der Waals surface area contributed by atoms with E-state index in [9.17, 15) is 4.79 Å². The molecule has 1 amide bonds. The zero-order valence-electron chi connectivity index (χ0n) is 12.9. The van der Waals surface area contributed by atoms with Gasteiger partial charge in [-0.2, -0.15) is 0 Å². The van der Waals surface area contributed by atoms with Gasteiger partial charge in [-0.05, 0) is 31.2 Å². The Balaban J connectivity index is 2.06. The Morgan fingerprint density at radius 1 is 0.909 bits per heavy atom. The van der Waals surface area contributed by atoms with Gasteiger partial charge in [0.25, 0.3) is 0 Å². The number of para-hydroxylation sites is 4. The van der Waals surface area contributed by atoms with Crippen molar-refractivity contribution in [2.75, 3.05) is 24.9 Å². The Morgan fingerprint density at radius 3 is 2.00 bits per heavy atom. The van der Waals surface area contributed by atoms with Crippen molar-refractivity contribution in [3.63, 3.8) is 0 Å². The minimum absolute atomic E-state index is 0.157. The van der Waals surface area contributed by atoms with E-state index in [1.54, 1.807) is 33.3 Å². The molecule has 0 saturated heterocycles. The first-order valence-electron chi connectivity index (χ1n) is 6.99. The fourth-order valence-electron chi connectivity index (χ4n) is 2.05. The summed E-state index contributed by atoms with van der Waals surface area (Å²) >= 11 is 0. The van der Waals surface area contributed by atoms with Gasteiger partial charge in [-0.25, -0.2) is 0 Å². The quantitative estimate of drug-likeness (QED) is 0.860. The van der Waals surface area contributed by atoms with Gasteiger partial charge >= 0.3 is 0 Å². The van der Waals surface area contributed by atoms with E-state index in [0.717, 1.165) is 5.69 Å². The summed E-state index contributed by atoms with van der Waals surface area (Å²) in [4.78, 5) is 12.3. The molecule has 0 saturated carbocycles. The minimum atomic E-state index is -0.429. The molecule has 2 aromatic rings. The van der Waals surface area contributed by atoms with Crippen molar-refractivity contribution >= 4 is 17.3 Å². The monoisotopic (exact) mass is 300 g/mol. The van der Waals surface area contributed by atoms with E-state index in [0.29, 0.717) is 17.2 Å². The third-order valence-corrected chi connectivity index (χ3v) is 3.24. The summed E-state index contributed by atoms with van der Waals surface area (Å²) in [6.07, 6.45) is 0. The second-order valence-electron chi connectivity index (χ2n) is 4.76. The molecule has 5 heteroatoms. The van der Waals surface area contributed by atoms with Crippen LogP contribution in [0.2, 0.25) is 0 Å². The van der Waals surface area contributed by atoms with Crippen LogP contribution < -0.4 is 20.1 Å². The first-order chi connectivity index (χ1) is 10.7. The molecule has 2 aromatic carbocycles. The molecule has 2 N–H and O–H groups in total. The van der Waals surface area contributed by atoms with Crippen molar-refractivity contribution in [1.82, 2.24) is 0 Å². The summed E-state index contributed by atoms with van der Waals surface area (Å²) in [5.74, 6) is 1.16. The summed E-state index contributed by atoms with van der Waals surface area (Å²) < 4.78 is 10.5. The van der Waals surface area contributed by atoms with Gasteiger partial charge in [0.2, 0.25) is 5.91 Å². The molecule has 0 aliphatic carbocycles. The van der Waals surface area contributed by atoms with E-state index in [1.165, 1.54) is 0 Å². The number of amides is 1. The number of carbonyl (C=O) groups excluding carboxylic acids is 1. The smallest absolute Gasteiger partial charge is 0.246 e. The number of methoxy groups -OCH3 is 2. The van der Waals surface area contributed by atoms with Crippen LogP contribution in [0, 0.1) is 0 Å². The van der Waals surface area contributed by atoms with Crippen molar-refractivity contribution in [2.24, 2.45) is 0 Å². The van der Waals surface area contributed by atoms with Crippen LogP contribution >= 0.6 is 0 Å². The largest absolute Gasteiger partial charge is 0.495 e. The predicted octanol–water partition coefficient (Wildman–Crippen LogP) is 3.14. The van der Waals surface area contributed by atoms with Gasteiger partial charge in [0.15, 0.2) is 0 Å². The molecule has 2 rings (SSSR count). The van der Waals surface area contributed by atoms with Crippen LogP contribution in [0.15, 0.2) is 48.5 Å². The molecular formula is C17H20N2O3. The lowest BCUT2D eigenvalue weighted by molar-refractivity contribution is -0.116. The van der Waals surface area contributed by atoms with Gasteiger partial charge in [-0.3, -0.25) is 4.79 Å². The molecule has 0 unspecified atom stereocenters. The van der Waals surface area contributed by atoms with Crippen LogP contribution in [0.5, 0.6) is 11.5 Å². The molecule has 22 heavy (non-hydrogen) atoms. The van der Waals surface area contributed by atoms with Gasteiger partial charge in [-0.15, -0.1) is 0 Å². The molecule has 0 radical (unpaired) electrons. The normalized spacial score (nSPS) is 11.4. The van der Waals surface area contributed by atoms with Gasteiger partial charge in [0.05, 0.1) is 25.6 Å². The first-order valence-corrected chi connectivity index (χ1v) is 6.99. The van der Waals surface area contributed by atoms with Crippen LogP contribution in [0.4, 0.5) is 11.4 Å². The van der Waals surface area contributed by atoms with Crippen LogP contribution in [0.25, 0.3) is 0 Å². The van der Waals surface area contributed by atoms with E-state index < -0.39 is 6.04 Å². The summed E-state index contributed by atoms with van der Waals surface area (Å²) in [7, 11) is 3.17. The molecule has 0 spiro atoms. The van der Waals surface area contributed by atoms with E-state index >= 15 is 0 Å². The molecule has 5 nitrogen and oxygen atoms in total. The zero-order valence-corrected chi connectivity index (χ0v) is 12.9. The highest BCUT2D eigenvalue weighted by Gasteiger charge is 2.16. The van der Waals surface area contributed by atoms with Crippen molar-refractivity contribution < 1.29 is 14.3 Å². The van der Waals surface area contributed by atoms with Gasteiger partial charge in [-0.1, -0.05) is 24.3 Å². The minimum Gasteiger partial charge on any atom is -0.495 e. The van der Waals surface area contributed by atoms with Crippen molar-refractivity contribution in [2.45, 2.75) is 13.0 Å². The lowest BCUT2D eigenvalue weighted by Gasteiger charge is -2.18. The summed E-state index contributed by atoms with van der Waals surface area (Å²) in [6.45, 7) is 1.79. The predicted molar refractivity (Wildman–Crippen MR) is 87.7 cm³/mol. The number of hydrogen-bond acceptors (Lipinski definition) is 4. The maximum Gasteiger partial charge on any atom is 0.246 e. The molecule has 0 fully saturated rings. The van der Waals surface area contributed by atoms with E-state index in [-0.39, 0.29) is 5.91 Å². The summed E-state index contributed by atoms with van der Waals surface area (Å²) in [5, 5.41) is 5.99. The van der Waals surface area contributed by atoms with Crippen molar-refractivity contribution in [1.29, 1.82) is 0 Å². The number of nitrogens with one attached hydrogen (secondary N) is 2. The first kappa shape index (κ1) is 15.7. The van der Waals surface area contributed by atoms with Gasteiger partial charge in [0, 0.05) is 0 Å². The fourth-order valence-corrected chi connectivity index (χ4v) is 2.05. The molecule has 0 aliphatic heterocycles. The average molecular weight is 300 g/mol. The Labute approximate surface area is 130 Å². The molecular weight excluding hydrogens is 280 g/mol. The van der Waals surface area contributed by atoms with Gasteiger partial charge < -0.3 is 20.1 Å². The highest BCUT2D eigenvalue weighted by atomic mass is 16.5. The number of rotatable bonds is 6. The number of ether oxygens (including phenoxy) is 2. The third-order valence-electron chi connectivity index (χ3n) is 3.24. The molecule has 116 valence electrons. The molecule has 0 aliphatic rings. The molecule has 0 bridgehead atoms. The topological polar surface area (TPSA) is 59.6 Å². The highest BCUT2D eigenvalue weighted by Crippen LogP contribution is 2.25. The lowest BCUT2D eigenvalue weighted by Crippen LogP contribution is -2.32. The van der Waals surface area contributed by atoms with Crippen LogP contribution in [0.3, 0.4) is 0 Å². The SMILES string of the molecule is COc1ccccc1NC(=O)[C@H](C)Nc1ccccc1OC. The van der Waals surface area contributed by atoms with Crippen LogP contribution in [-0.2, 0) is 4.79 Å². The maximum atomic E-state index is 12.3. The lowest BCUT2D eigenvalue weighted by atomic mass is 10.2. The number of anilines is 2. The second kappa shape index (κ2) is 7.36. The molecule has 0 heterocycles. The van der Waals surface area contributed by atoms with Gasteiger partial charge in [0.1, 0.15) is 17.5 Å². The molecule has 1 atom stereocenters. The zero-order chi connectivity index (χ0) is 15.9. The fraction of sp³-hybridized carbons (Fsp3) is 0.235. The Bertz CT molecular complexity index is 643. The Kier molecular flexibility index (Phi) is 5.25. The third kappa shape index (κ3) is 3.69. The Hall–Kier alpha value is -2.69. The number of benzene rings is 2.